The Bertz CT molecular complexity index is 358. The second kappa shape index (κ2) is 6.70. The predicted molar refractivity (Wildman–Crippen MR) is 68.1 cm³/mol. The van der Waals surface area contributed by atoms with Crippen LogP contribution in [0.4, 0.5) is 0 Å². The normalized spacial score (nSPS) is 14.6. The van der Waals surface area contributed by atoms with Gasteiger partial charge in [-0.2, -0.15) is 0 Å². The number of primary sulfonamides is 1. The second-order valence-corrected chi connectivity index (χ2v) is 5.52. The van der Waals surface area contributed by atoms with Crippen molar-refractivity contribution in [2.75, 3.05) is 0 Å². The SMILES string of the molecule is C=C(CC/C(=C\C)NC(C)CC)S(N)(=O)=O. The minimum atomic E-state index is -3.59. The summed E-state index contributed by atoms with van der Waals surface area (Å²) in [7, 11) is -3.59. The fourth-order valence-electron chi connectivity index (χ4n) is 1.13. The summed E-state index contributed by atoms with van der Waals surface area (Å²) in [5, 5.41) is 8.27. The van der Waals surface area contributed by atoms with Crippen LogP contribution in [0.3, 0.4) is 0 Å². The van der Waals surface area contributed by atoms with Gasteiger partial charge < -0.3 is 5.32 Å². The molecule has 1 unspecified atom stereocenters. The Morgan fingerprint density at radius 1 is 1.50 bits per heavy atom. The van der Waals surface area contributed by atoms with Crippen LogP contribution in [0.2, 0.25) is 0 Å². The van der Waals surface area contributed by atoms with Crippen LogP contribution in [-0.4, -0.2) is 14.5 Å². The smallest absolute Gasteiger partial charge is 0.233 e. The fraction of sp³-hybridized carbons (Fsp3) is 0.636. The molecule has 0 aliphatic rings. The molecule has 0 aromatic carbocycles. The summed E-state index contributed by atoms with van der Waals surface area (Å²) in [5.74, 6) is 0. The predicted octanol–water partition coefficient (Wildman–Crippen LogP) is 1.86. The van der Waals surface area contributed by atoms with Gasteiger partial charge in [-0.05, 0) is 33.1 Å². The Morgan fingerprint density at radius 2 is 2.06 bits per heavy atom. The van der Waals surface area contributed by atoms with Crippen LogP contribution < -0.4 is 10.5 Å². The van der Waals surface area contributed by atoms with Crippen LogP contribution in [0.25, 0.3) is 0 Å². The van der Waals surface area contributed by atoms with E-state index in [2.05, 4.69) is 25.7 Å². The molecule has 0 radical (unpaired) electrons. The van der Waals surface area contributed by atoms with Gasteiger partial charge in [0.25, 0.3) is 0 Å². The lowest BCUT2D eigenvalue weighted by Gasteiger charge is -2.16. The van der Waals surface area contributed by atoms with Crippen molar-refractivity contribution < 1.29 is 8.42 Å². The molecule has 0 bridgehead atoms. The summed E-state index contributed by atoms with van der Waals surface area (Å²) >= 11 is 0. The molecule has 0 heterocycles. The number of allylic oxidation sites excluding steroid dienone is 3. The largest absolute Gasteiger partial charge is 0.386 e. The van der Waals surface area contributed by atoms with Gasteiger partial charge >= 0.3 is 0 Å². The number of hydrogen-bond acceptors (Lipinski definition) is 3. The maximum atomic E-state index is 10.9. The first-order chi connectivity index (χ1) is 7.31. The van der Waals surface area contributed by atoms with Crippen LogP contribution in [0.1, 0.15) is 40.0 Å². The van der Waals surface area contributed by atoms with Gasteiger partial charge in [0.05, 0.1) is 4.91 Å². The standard InChI is InChI=1S/C11H22N2O2S/c1-5-9(3)13-11(6-2)8-7-10(4)16(12,14)15/h6,9,13H,4-5,7-8H2,1-3H3,(H2,12,14,15)/b11-6+. The molecule has 16 heavy (non-hydrogen) atoms. The monoisotopic (exact) mass is 246 g/mol. The van der Waals surface area contributed by atoms with Gasteiger partial charge in [-0.3, -0.25) is 0 Å². The summed E-state index contributed by atoms with van der Waals surface area (Å²) in [6, 6.07) is 0.383. The van der Waals surface area contributed by atoms with Crippen LogP contribution in [0.15, 0.2) is 23.3 Å². The number of sulfonamides is 1. The molecule has 0 aromatic heterocycles. The van der Waals surface area contributed by atoms with Crippen molar-refractivity contribution in [2.45, 2.75) is 46.1 Å². The van der Waals surface area contributed by atoms with E-state index in [9.17, 15) is 8.42 Å². The van der Waals surface area contributed by atoms with Gasteiger partial charge in [0.1, 0.15) is 0 Å². The molecular weight excluding hydrogens is 224 g/mol. The molecule has 94 valence electrons. The molecule has 0 aromatic rings. The highest BCUT2D eigenvalue weighted by atomic mass is 32.2. The molecule has 0 aliphatic heterocycles. The van der Waals surface area contributed by atoms with E-state index in [4.69, 9.17) is 5.14 Å². The van der Waals surface area contributed by atoms with Crippen molar-refractivity contribution >= 4 is 10.0 Å². The van der Waals surface area contributed by atoms with E-state index in [0.717, 1.165) is 12.1 Å². The molecule has 0 aliphatic carbocycles. The number of nitrogens with one attached hydrogen (secondary N) is 1. The average Bonchev–Trinajstić information content (AvgIpc) is 2.21. The van der Waals surface area contributed by atoms with Gasteiger partial charge in [-0.15, -0.1) is 0 Å². The topological polar surface area (TPSA) is 72.2 Å². The summed E-state index contributed by atoms with van der Waals surface area (Å²) < 4.78 is 21.9. The van der Waals surface area contributed by atoms with Crippen LogP contribution >= 0.6 is 0 Å². The maximum absolute atomic E-state index is 10.9. The molecule has 3 N–H and O–H groups in total. The van der Waals surface area contributed by atoms with E-state index in [-0.39, 0.29) is 4.91 Å². The molecule has 0 amide bonds. The third-order valence-corrected chi connectivity index (χ3v) is 3.48. The van der Waals surface area contributed by atoms with E-state index >= 15 is 0 Å². The molecule has 0 spiro atoms. The lowest BCUT2D eigenvalue weighted by atomic mass is 10.2. The minimum Gasteiger partial charge on any atom is -0.386 e. The first kappa shape index (κ1) is 15.2. The third kappa shape index (κ3) is 5.92. The Kier molecular flexibility index (Phi) is 6.36. The third-order valence-electron chi connectivity index (χ3n) is 2.47. The van der Waals surface area contributed by atoms with Crippen LogP contribution in [0.5, 0.6) is 0 Å². The molecule has 5 heteroatoms. The minimum absolute atomic E-state index is 0.0813. The molecule has 1 atom stereocenters. The van der Waals surface area contributed by atoms with Gasteiger partial charge in [-0.1, -0.05) is 19.6 Å². The van der Waals surface area contributed by atoms with Crippen molar-refractivity contribution in [3.8, 4) is 0 Å². The van der Waals surface area contributed by atoms with Crippen LogP contribution in [-0.2, 0) is 10.0 Å². The number of rotatable bonds is 7. The molecule has 0 rings (SSSR count). The highest BCUT2D eigenvalue weighted by Crippen LogP contribution is 2.12. The lowest BCUT2D eigenvalue weighted by molar-refractivity contribution is 0.576. The summed E-state index contributed by atoms with van der Waals surface area (Å²) in [5.41, 5.74) is 1.03. The van der Waals surface area contributed by atoms with E-state index in [1.54, 1.807) is 0 Å². The highest BCUT2D eigenvalue weighted by Gasteiger charge is 2.10. The quantitative estimate of drug-likeness (QED) is 0.720. The fourth-order valence-corrected chi connectivity index (χ4v) is 1.52. The summed E-state index contributed by atoms with van der Waals surface area (Å²) in [6.45, 7) is 9.56. The Morgan fingerprint density at radius 3 is 2.44 bits per heavy atom. The van der Waals surface area contributed by atoms with Gasteiger partial charge in [0.15, 0.2) is 0 Å². The van der Waals surface area contributed by atoms with E-state index < -0.39 is 10.0 Å². The Balaban J connectivity index is 4.23. The average molecular weight is 246 g/mol. The number of nitrogens with two attached hydrogens (primary N) is 1. The zero-order valence-electron chi connectivity index (χ0n) is 10.3. The number of hydrogen-bond donors (Lipinski definition) is 2. The van der Waals surface area contributed by atoms with Crippen molar-refractivity contribution in [3.63, 3.8) is 0 Å². The van der Waals surface area contributed by atoms with E-state index in [1.807, 2.05) is 13.0 Å². The molecule has 4 nitrogen and oxygen atoms in total. The lowest BCUT2D eigenvalue weighted by Crippen LogP contribution is -2.24. The summed E-state index contributed by atoms with van der Waals surface area (Å²) in [4.78, 5) is 0.0813. The zero-order valence-corrected chi connectivity index (χ0v) is 11.1. The van der Waals surface area contributed by atoms with Crippen molar-refractivity contribution in [1.29, 1.82) is 0 Å². The molecule has 0 fully saturated rings. The van der Waals surface area contributed by atoms with Gasteiger partial charge in [-0.25, -0.2) is 13.6 Å². The van der Waals surface area contributed by atoms with Gasteiger partial charge in [0, 0.05) is 11.7 Å². The summed E-state index contributed by atoms with van der Waals surface area (Å²) in [6.07, 6.45) is 3.95. The van der Waals surface area contributed by atoms with E-state index in [1.165, 1.54) is 0 Å². The second-order valence-electron chi connectivity index (χ2n) is 3.85. The van der Waals surface area contributed by atoms with Crippen molar-refractivity contribution in [1.82, 2.24) is 5.32 Å². The molecule has 0 saturated carbocycles. The van der Waals surface area contributed by atoms with Crippen molar-refractivity contribution in [2.24, 2.45) is 5.14 Å². The zero-order chi connectivity index (χ0) is 12.8. The Labute approximate surface area is 98.7 Å². The van der Waals surface area contributed by atoms with Crippen LogP contribution in [0, 0.1) is 0 Å². The van der Waals surface area contributed by atoms with E-state index in [0.29, 0.717) is 18.9 Å². The first-order valence-corrected chi connectivity index (χ1v) is 6.98. The maximum Gasteiger partial charge on any atom is 0.233 e. The first-order valence-electron chi connectivity index (χ1n) is 5.43. The Hall–Kier alpha value is -0.810. The molecular formula is C11H22N2O2S. The molecule has 0 saturated heterocycles. The van der Waals surface area contributed by atoms with Crippen molar-refractivity contribution in [3.05, 3.63) is 23.3 Å². The highest BCUT2D eigenvalue weighted by molar-refractivity contribution is 7.93. The van der Waals surface area contributed by atoms with Gasteiger partial charge in [0.2, 0.25) is 10.0 Å².